The molecule has 1 aliphatic carbocycles. The molecule has 0 bridgehead atoms. The fourth-order valence-corrected chi connectivity index (χ4v) is 2.66. The van der Waals surface area contributed by atoms with E-state index in [-0.39, 0.29) is 17.3 Å². The molecule has 1 fully saturated rings. The van der Waals surface area contributed by atoms with E-state index >= 15 is 0 Å². The number of aliphatic carboxylic acids is 1. The van der Waals surface area contributed by atoms with Crippen molar-refractivity contribution in [3.63, 3.8) is 0 Å². The molecule has 21 heavy (non-hydrogen) atoms. The van der Waals surface area contributed by atoms with Crippen molar-refractivity contribution in [2.45, 2.75) is 31.7 Å². The summed E-state index contributed by atoms with van der Waals surface area (Å²) < 4.78 is 0. The minimum absolute atomic E-state index is 0.152. The molecule has 7 nitrogen and oxygen atoms in total. The van der Waals surface area contributed by atoms with E-state index in [9.17, 15) is 20.0 Å². The van der Waals surface area contributed by atoms with Gasteiger partial charge in [-0.25, -0.2) is 0 Å². The van der Waals surface area contributed by atoms with Crippen LogP contribution in [0.25, 0.3) is 0 Å². The van der Waals surface area contributed by atoms with Crippen molar-refractivity contribution in [2.24, 2.45) is 5.92 Å². The predicted octanol–water partition coefficient (Wildman–Crippen LogP) is 2.52. The van der Waals surface area contributed by atoms with Gasteiger partial charge in [0.2, 0.25) is 0 Å². The van der Waals surface area contributed by atoms with Crippen LogP contribution in [0.15, 0.2) is 18.2 Å². The molecule has 1 aromatic carbocycles. The van der Waals surface area contributed by atoms with Gasteiger partial charge in [-0.1, -0.05) is 12.8 Å². The number of anilines is 1. The van der Waals surface area contributed by atoms with Crippen molar-refractivity contribution < 1.29 is 14.8 Å². The second kappa shape index (κ2) is 6.22. The number of nitrogens with one attached hydrogen (secondary N) is 1. The summed E-state index contributed by atoms with van der Waals surface area (Å²) in [6.45, 7) is 0. The zero-order valence-electron chi connectivity index (χ0n) is 11.3. The summed E-state index contributed by atoms with van der Waals surface area (Å²) in [6.07, 6.45) is 3.11. The highest BCUT2D eigenvalue weighted by atomic mass is 16.6. The number of hydrogen-bond donors (Lipinski definition) is 2. The van der Waals surface area contributed by atoms with E-state index in [0.717, 1.165) is 12.8 Å². The molecule has 1 saturated carbocycles. The minimum atomic E-state index is -0.854. The first-order valence-corrected chi connectivity index (χ1v) is 6.71. The predicted molar refractivity (Wildman–Crippen MR) is 74.8 cm³/mol. The zero-order valence-corrected chi connectivity index (χ0v) is 11.3. The second-order valence-corrected chi connectivity index (χ2v) is 5.08. The fourth-order valence-electron chi connectivity index (χ4n) is 2.66. The monoisotopic (exact) mass is 289 g/mol. The first-order chi connectivity index (χ1) is 10.0. The average molecular weight is 289 g/mol. The van der Waals surface area contributed by atoms with Gasteiger partial charge >= 0.3 is 5.97 Å². The number of hydrogen-bond acceptors (Lipinski definition) is 5. The first kappa shape index (κ1) is 14.8. The molecule has 0 aliphatic heterocycles. The lowest BCUT2D eigenvalue weighted by Gasteiger charge is -2.30. The van der Waals surface area contributed by atoms with Crippen molar-refractivity contribution in [1.82, 2.24) is 0 Å². The van der Waals surface area contributed by atoms with Crippen molar-refractivity contribution >= 4 is 17.3 Å². The molecule has 2 unspecified atom stereocenters. The van der Waals surface area contributed by atoms with Crippen LogP contribution in [0.5, 0.6) is 0 Å². The van der Waals surface area contributed by atoms with E-state index in [0.29, 0.717) is 18.5 Å². The van der Waals surface area contributed by atoms with Crippen LogP contribution in [-0.2, 0) is 4.79 Å². The number of rotatable bonds is 4. The maximum atomic E-state index is 11.3. The van der Waals surface area contributed by atoms with E-state index in [2.05, 4.69) is 5.32 Å². The van der Waals surface area contributed by atoms with Crippen molar-refractivity contribution in [3.8, 4) is 6.07 Å². The van der Waals surface area contributed by atoms with Gasteiger partial charge in [0.1, 0.15) is 6.07 Å². The molecule has 2 N–H and O–H groups in total. The fraction of sp³-hybridized carbons (Fsp3) is 0.429. The van der Waals surface area contributed by atoms with Crippen LogP contribution in [0.1, 0.15) is 31.2 Å². The number of carboxylic acid groups (broad SMARTS) is 1. The third-order valence-electron chi connectivity index (χ3n) is 3.76. The van der Waals surface area contributed by atoms with Crippen LogP contribution in [0.3, 0.4) is 0 Å². The van der Waals surface area contributed by atoms with Gasteiger partial charge in [0, 0.05) is 18.2 Å². The number of benzene rings is 1. The summed E-state index contributed by atoms with van der Waals surface area (Å²) in [6, 6.07) is 5.62. The SMILES string of the molecule is N#Cc1cc([N+](=O)[O-])ccc1NC1CCCCC1C(=O)O. The van der Waals surface area contributed by atoms with Crippen molar-refractivity contribution in [1.29, 1.82) is 5.26 Å². The standard InChI is InChI=1S/C14H15N3O4/c15-8-9-7-10(17(20)21)5-6-12(9)16-13-4-2-1-3-11(13)14(18)19/h5-7,11,13,16H,1-4H2,(H,18,19). The van der Waals surface area contributed by atoms with Crippen LogP contribution in [0.4, 0.5) is 11.4 Å². The van der Waals surface area contributed by atoms with Gasteiger partial charge in [-0.05, 0) is 18.9 Å². The smallest absolute Gasteiger partial charge is 0.308 e. The number of non-ortho nitro benzene ring substituents is 1. The highest BCUT2D eigenvalue weighted by Crippen LogP contribution is 2.29. The largest absolute Gasteiger partial charge is 0.481 e. The Morgan fingerprint density at radius 2 is 2.14 bits per heavy atom. The maximum Gasteiger partial charge on any atom is 0.308 e. The number of carbonyl (C=O) groups is 1. The molecule has 2 atom stereocenters. The summed E-state index contributed by atoms with van der Waals surface area (Å²) in [5.41, 5.74) is 0.440. The van der Waals surface area contributed by atoms with Gasteiger partial charge in [0.15, 0.2) is 0 Å². The molecule has 2 rings (SSSR count). The highest BCUT2D eigenvalue weighted by Gasteiger charge is 2.31. The summed E-state index contributed by atoms with van der Waals surface area (Å²) in [4.78, 5) is 21.4. The van der Waals surface area contributed by atoms with E-state index in [1.54, 1.807) is 0 Å². The van der Waals surface area contributed by atoms with Gasteiger partial charge < -0.3 is 10.4 Å². The Balaban J connectivity index is 2.24. The van der Waals surface area contributed by atoms with Gasteiger partial charge in [-0.2, -0.15) is 5.26 Å². The van der Waals surface area contributed by atoms with Gasteiger partial charge in [0.05, 0.1) is 22.1 Å². The Hall–Kier alpha value is -2.62. The quantitative estimate of drug-likeness (QED) is 0.649. The lowest BCUT2D eigenvalue weighted by molar-refractivity contribution is -0.384. The van der Waals surface area contributed by atoms with E-state index in [1.165, 1.54) is 18.2 Å². The Labute approximate surface area is 121 Å². The van der Waals surface area contributed by atoms with Crippen LogP contribution in [0, 0.1) is 27.4 Å². The third-order valence-corrected chi connectivity index (χ3v) is 3.76. The molecule has 0 saturated heterocycles. The Morgan fingerprint density at radius 1 is 1.43 bits per heavy atom. The lowest BCUT2D eigenvalue weighted by Crippen LogP contribution is -2.37. The first-order valence-electron chi connectivity index (χ1n) is 6.71. The lowest BCUT2D eigenvalue weighted by atomic mass is 9.84. The van der Waals surface area contributed by atoms with Crippen LogP contribution >= 0.6 is 0 Å². The Kier molecular flexibility index (Phi) is 4.38. The van der Waals surface area contributed by atoms with Gasteiger partial charge in [-0.3, -0.25) is 14.9 Å². The van der Waals surface area contributed by atoms with E-state index < -0.39 is 16.8 Å². The number of nitro groups is 1. The van der Waals surface area contributed by atoms with Gasteiger partial charge in [-0.15, -0.1) is 0 Å². The molecule has 110 valence electrons. The zero-order chi connectivity index (χ0) is 15.4. The average Bonchev–Trinajstić information content (AvgIpc) is 2.47. The molecular weight excluding hydrogens is 274 g/mol. The highest BCUT2D eigenvalue weighted by molar-refractivity contribution is 5.72. The van der Waals surface area contributed by atoms with Crippen molar-refractivity contribution in [3.05, 3.63) is 33.9 Å². The van der Waals surface area contributed by atoms with Crippen molar-refractivity contribution in [2.75, 3.05) is 5.32 Å². The minimum Gasteiger partial charge on any atom is -0.481 e. The van der Waals surface area contributed by atoms with E-state index in [4.69, 9.17) is 5.26 Å². The van der Waals surface area contributed by atoms with Crippen LogP contribution < -0.4 is 5.32 Å². The normalized spacial score (nSPS) is 21.3. The molecule has 0 aromatic heterocycles. The number of nitriles is 1. The summed E-state index contributed by atoms with van der Waals surface area (Å²) >= 11 is 0. The molecule has 1 aliphatic rings. The summed E-state index contributed by atoms with van der Waals surface area (Å²) in [7, 11) is 0. The van der Waals surface area contributed by atoms with Gasteiger partial charge in [0.25, 0.3) is 5.69 Å². The molecule has 1 aromatic rings. The topological polar surface area (TPSA) is 116 Å². The maximum absolute atomic E-state index is 11.3. The summed E-state index contributed by atoms with van der Waals surface area (Å²) in [5, 5.41) is 32.1. The molecular formula is C14H15N3O4. The Bertz CT molecular complexity index is 609. The van der Waals surface area contributed by atoms with Crippen LogP contribution in [0.2, 0.25) is 0 Å². The summed E-state index contributed by atoms with van der Waals surface area (Å²) in [5.74, 6) is -1.35. The Morgan fingerprint density at radius 3 is 2.76 bits per heavy atom. The molecule has 7 heteroatoms. The number of nitrogens with zero attached hydrogens (tertiary/aromatic N) is 2. The van der Waals surface area contributed by atoms with E-state index in [1.807, 2.05) is 6.07 Å². The number of carboxylic acids is 1. The molecule has 0 heterocycles. The number of nitro benzene ring substituents is 1. The molecule has 0 amide bonds. The molecule has 0 radical (unpaired) electrons. The molecule has 0 spiro atoms. The van der Waals surface area contributed by atoms with Crippen LogP contribution in [-0.4, -0.2) is 22.0 Å². The second-order valence-electron chi connectivity index (χ2n) is 5.08. The third kappa shape index (κ3) is 3.28.